The van der Waals surface area contributed by atoms with Crippen molar-refractivity contribution < 1.29 is 13.9 Å². The third-order valence-corrected chi connectivity index (χ3v) is 5.14. The molecule has 30 heavy (non-hydrogen) atoms. The summed E-state index contributed by atoms with van der Waals surface area (Å²) in [6, 6.07) is 6.34. The molecule has 0 saturated carbocycles. The van der Waals surface area contributed by atoms with Gasteiger partial charge in [-0.3, -0.25) is 4.79 Å². The van der Waals surface area contributed by atoms with E-state index in [0.29, 0.717) is 40.3 Å². The number of aromatic nitrogens is 3. The number of amides is 1. The number of likely N-dealkylation sites (N-methyl/N-ethyl adjacent to an activating group) is 1. The summed E-state index contributed by atoms with van der Waals surface area (Å²) in [7, 11) is 3.39. The fraction of sp³-hybridized carbons (Fsp3) is 0.450. The molecule has 3 rings (SSSR count). The van der Waals surface area contributed by atoms with E-state index in [9.17, 15) is 9.18 Å². The number of methoxy groups -OCH3 is 1. The number of anilines is 2. The molecule has 2 N–H and O–H groups in total. The molecule has 1 aromatic carbocycles. The van der Waals surface area contributed by atoms with Crippen molar-refractivity contribution in [3.63, 3.8) is 0 Å². The summed E-state index contributed by atoms with van der Waals surface area (Å²) in [6.07, 6.45) is 0. The van der Waals surface area contributed by atoms with Gasteiger partial charge in [-0.2, -0.15) is 4.52 Å². The number of hydrogen-bond donors (Lipinski definition) is 2. The first-order valence-electron chi connectivity index (χ1n) is 9.58. The number of nitrogens with one attached hydrogen (secondary N) is 2. The van der Waals surface area contributed by atoms with Crippen LogP contribution in [0.2, 0.25) is 0 Å². The highest BCUT2D eigenvalue weighted by Crippen LogP contribution is 2.34. The zero-order valence-electron chi connectivity index (χ0n) is 17.8. The highest BCUT2D eigenvalue weighted by atomic mass is 32.1. The molecule has 0 fully saturated rings. The predicted octanol–water partition coefficient (Wildman–Crippen LogP) is 3.01. The SMILES string of the molecule is COCCNC(=O)CN(C)c1nn2c(NC(C)(C)C)c(-c3cccc(F)c3)nc2s1. The lowest BCUT2D eigenvalue weighted by atomic mass is 10.1. The lowest BCUT2D eigenvalue weighted by Gasteiger charge is -2.22. The van der Waals surface area contributed by atoms with E-state index in [2.05, 4.69) is 15.7 Å². The molecule has 10 heteroatoms. The largest absolute Gasteiger partial charge is 0.383 e. The van der Waals surface area contributed by atoms with Crippen LogP contribution in [0.3, 0.4) is 0 Å². The summed E-state index contributed by atoms with van der Waals surface area (Å²) in [5.41, 5.74) is 1.05. The van der Waals surface area contributed by atoms with Crippen molar-refractivity contribution in [2.75, 3.05) is 44.1 Å². The Balaban J connectivity index is 1.91. The quantitative estimate of drug-likeness (QED) is 0.531. The summed E-state index contributed by atoms with van der Waals surface area (Å²) in [6.45, 7) is 7.19. The lowest BCUT2D eigenvalue weighted by Crippen LogP contribution is -2.36. The third kappa shape index (κ3) is 5.25. The summed E-state index contributed by atoms with van der Waals surface area (Å²) < 4.78 is 20.4. The molecule has 0 spiro atoms. The second-order valence-electron chi connectivity index (χ2n) is 7.97. The molecular weight excluding hydrogens is 407 g/mol. The van der Waals surface area contributed by atoms with Gasteiger partial charge in [0.2, 0.25) is 16.0 Å². The van der Waals surface area contributed by atoms with Crippen molar-refractivity contribution in [1.29, 1.82) is 0 Å². The molecule has 0 bridgehead atoms. The van der Waals surface area contributed by atoms with Gasteiger partial charge in [-0.25, -0.2) is 9.37 Å². The van der Waals surface area contributed by atoms with Crippen molar-refractivity contribution in [2.45, 2.75) is 26.3 Å². The first-order valence-corrected chi connectivity index (χ1v) is 10.4. The van der Waals surface area contributed by atoms with E-state index in [-0.39, 0.29) is 23.8 Å². The number of nitrogens with zero attached hydrogens (tertiary/aromatic N) is 4. The number of carbonyl (C=O) groups excluding carboxylic acids is 1. The van der Waals surface area contributed by atoms with Crippen LogP contribution in [0, 0.1) is 5.82 Å². The van der Waals surface area contributed by atoms with Crippen molar-refractivity contribution in [3.8, 4) is 11.3 Å². The molecule has 0 aliphatic rings. The van der Waals surface area contributed by atoms with Gasteiger partial charge in [-0.05, 0) is 32.9 Å². The normalized spacial score (nSPS) is 11.7. The van der Waals surface area contributed by atoms with Crippen LogP contribution in [-0.2, 0) is 9.53 Å². The van der Waals surface area contributed by atoms with Crippen LogP contribution in [0.15, 0.2) is 24.3 Å². The topological polar surface area (TPSA) is 83.8 Å². The Kier molecular flexibility index (Phi) is 6.57. The van der Waals surface area contributed by atoms with E-state index < -0.39 is 0 Å². The highest BCUT2D eigenvalue weighted by Gasteiger charge is 2.23. The molecule has 0 unspecified atom stereocenters. The Morgan fingerprint density at radius 1 is 1.37 bits per heavy atom. The molecule has 1 amide bonds. The maximum atomic E-state index is 13.8. The average Bonchev–Trinajstić information content (AvgIpc) is 3.20. The van der Waals surface area contributed by atoms with Gasteiger partial charge >= 0.3 is 0 Å². The van der Waals surface area contributed by atoms with E-state index in [1.54, 1.807) is 29.6 Å². The van der Waals surface area contributed by atoms with Gasteiger partial charge in [0.25, 0.3) is 0 Å². The first-order chi connectivity index (χ1) is 14.2. The Labute approximate surface area is 179 Å². The number of carbonyl (C=O) groups is 1. The number of imidazole rings is 1. The van der Waals surface area contributed by atoms with Gasteiger partial charge in [0.05, 0.1) is 13.2 Å². The maximum Gasteiger partial charge on any atom is 0.239 e. The monoisotopic (exact) mass is 434 g/mol. The minimum Gasteiger partial charge on any atom is -0.383 e. The zero-order valence-corrected chi connectivity index (χ0v) is 18.6. The van der Waals surface area contributed by atoms with E-state index in [1.165, 1.54) is 23.5 Å². The Bertz CT molecular complexity index is 1030. The molecule has 2 heterocycles. The fourth-order valence-electron chi connectivity index (χ4n) is 2.83. The summed E-state index contributed by atoms with van der Waals surface area (Å²) in [4.78, 5) is 19.2. The van der Waals surface area contributed by atoms with E-state index in [0.717, 1.165) is 0 Å². The van der Waals surface area contributed by atoms with Crippen LogP contribution in [0.4, 0.5) is 15.3 Å². The first kappa shape index (κ1) is 22.0. The number of benzene rings is 1. The highest BCUT2D eigenvalue weighted by molar-refractivity contribution is 7.20. The number of ether oxygens (including phenoxy) is 1. The van der Waals surface area contributed by atoms with Gasteiger partial charge in [-0.15, -0.1) is 5.10 Å². The van der Waals surface area contributed by atoms with Crippen molar-refractivity contribution in [2.24, 2.45) is 0 Å². The fourth-order valence-corrected chi connectivity index (χ4v) is 3.69. The van der Waals surface area contributed by atoms with Crippen molar-refractivity contribution in [1.82, 2.24) is 19.9 Å². The summed E-state index contributed by atoms with van der Waals surface area (Å²) in [5, 5.41) is 11.5. The standard InChI is InChI=1S/C20H27FN6O2S/c1-20(2,3)24-17-16(13-7-6-8-14(21)11-13)23-18-27(17)25-19(30-18)26(4)12-15(28)22-9-10-29-5/h6-8,11,24H,9-10,12H2,1-5H3,(H,22,28). The number of hydrogen-bond acceptors (Lipinski definition) is 7. The van der Waals surface area contributed by atoms with E-state index in [1.807, 2.05) is 26.8 Å². The van der Waals surface area contributed by atoms with Crippen molar-refractivity contribution in [3.05, 3.63) is 30.1 Å². The summed E-state index contributed by atoms with van der Waals surface area (Å²) >= 11 is 1.36. The van der Waals surface area contributed by atoms with E-state index in [4.69, 9.17) is 9.72 Å². The molecular formula is C20H27FN6O2S. The number of halogens is 1. The van der Waals surface area contributed by atoms with Gasteiger partial charge in [0.15, 0.2) is 5.82 Å². The maximum absolute atomic E-state index is 13.8. The van der Waals surface area contributed by atoms with Crippen LogP contribution in [0.25, 0.3) is 16.2 Å². The molecule has 162 valence electrons. The van der Waals surface area contributed by atoms with Gasteiger partial charge < -0.3 is 20.3 Å². The second-order valence-corrected chi connectivity index (χ2v) is 8.91. The van der Waals surface area contributed by atoms with Crippen LogP contribution in [0.1, 0.15) is 20.8 Å². The summed E-state index contributed by atoms with van der Waals surface area (Å²) in [5.74, 6) is 0.248. The van der Waals surface area contributed by atoms with Crippen LogP contribution < -0.4 is 15.5 Å². The molecule has 8 nitrogen and oxygen atoms in total. The molecule has 0 radical (unpaired) electrons. The molecule has 0 aliphatic heterocycles. The number of fused-ring (bicyclic) bond motifs is 1. The van der Waals surface area contributed by atoms with Crippen LogP contribution in [-0.4, -0.2) is 59.9 Å². The molecule has 0 atom stereocenters. The Morgan fingerprint density at radius 2 is 2.13 bits per heavy atom. The van der Waals surface area contributed by atoms with Gasteiger partial charge in [0.1, 0.15) is 11.5 Å². The van der Waals surface area contributed by atoms with Crippen LogP contribution >= 0.6 is 11.3 Å². The van der Waals surface area contributed by atoms with Crippen molar-refractivity contribution >= 4 is 33.2 Å². The minimum absolute atomic E-state index is 0.115. The Hall–Kier alpha value is -2.72. The molecule has 3 aromatic rings. The molecule has 0 saturated heterocycles. The zero-order chi connectivity index (χ0) is 21.9. The predicted molar refractivity (Wildman–Crippen MR) is 118 cm³/mol. The van der Waals surface area contributed by atoms with E-state index >= 15 is 0 Å². The second kappa shape index (κ2) is 8.97. The number of rotatable bonds is 8. The Morgan fingerprint density at radius 3 is 2.80 bits per heavy atom. The molecule has 2 aromatic heterocycles. The van der Waals surface area contributed by atoms with Crippen LogP contribution in [0.5, 0.6) is 0 Å². The van der Waals surface area contributed by atoms with Gasteiger partial charge in [0, 0.05) is 31.8 Å². The third-order valence-electron chi connectivity index (χ3n) is 4.12. The lowest BCUT2D eigenvalue weighted by molar-refractivity contribution is -0.119. The van der Waals surface area contributed by atoms with Gasteiger partial charge in [-0.1, -0.05) is 23.5 Å². The minimum atomic E-state index is -0.321. The smallest absolute Gasteiger partial charge is 0.239 e. The average molecular weight is 435 g/mol. The molecule has 0 aliphatic carbocycles.